The summed E-state index contributed by atoms with van der Waals surface area (Å²) in [5.41, 5.74) is -0.107. The molecule has 0 saturated heterocycles. The third kappa shape index (κ3) is 6.35. The summed E-state index contributed by atoms with van der Waals surface area (Å²) >= 11 is 4.61. The molecule has 4 aromatic carbocycles. The zero-order valence-electron chi connectivity index (χ0n) is 24.1. The third-order valence-electron chi connectivity index (χ3n) is 8.21. The largest absolute Gasteiger partial charge is 0.481 e. The van der Waals surface area contributed by atoms with Crippen LogP contribution in [-0.4, -0.2) is 17.0 Å². The predicted octanol–water partition coefficient (Wildman–Crippen LogP) is 10.0. The highest BCUT2D eigenvalue weighted by Gasteiger charge is 2.53. The summed E-state index contributed by atoms with van der Waals surface area (Å²) in [6.45, 7) is 0. The zero-order valence-corrected chi connectivity index (χ0v) is 28.4. The summed E-state index contributed by atoms with van der Waals surface area (Å²) in [5, 5.41) is 0. The standard InChI is InChI=1S/C39H32I2O3/c40-31-21-9-11-23-33(31)43-38(25-13-3-14-26-38)35(29-17-5-1-6-18-29)37(42)36(30-19-7-2-8-20-30)39(27-15-4-16-28-39)44-34-24-12-10-22-32(34)41/h1-25,27,35-36H,26,28H2. The molecule has 0 heterocycles. The van der Waals surface area contributed by atoms with Crippen LogP contribution in [0.5, 0.6) is 11.5 Å². The van der Waals surface area contributed by atoms with Crippen LogP contribution in [0, 0.1) is 7.14 Å². The maximum absolute atomic E-state index is 15.7. The van der Waals surface area contributed by atoms with Crippen LogP contribution < -0.4 is 9.47 Å². The molecule has 0 N–H and O–H groups in total. The maximum atomic E-state index is 15.7. The van der Waals surface area contributed by atoms with Crippen LogP contribution in [0.3, 0.4) is 0 Å². The molecule has 0 fully saturated rings. The number of ether oxygens (including phenoxy) is 2. The Hall–Kier alpha value is -3.43. The minimum atomic E-state index is -0.960. The molecule has 2 aliphatic rings. The number of carbonyl (C=O) groups is 1. The molecule has 4 atom stereocenters. The van der Waals surface area contributed by atoms with Gasteiger partial charge in [0, 0.05) is 12.8 Å². The van der Waals surface area contributed by atoms with Crippen LogP contribution in [0.25, 0.3) is 0 Å². The van der Waals surface area contributed by atoms with E-state index in [4.69, 9.17) is 9.47 Å². The molecule has 5 heteroatoms. The highest BCUT2D eigenvalue weighted by Crippen LogP contribution is 2.48. The van der Waals surface area contributed by atoms with Crippen molar-refractivity contribution in [1.29, 1.82) is 0 Å². The molecule has 0 radical (unpaired) electrons. The van der Waals surface area contributed by atoms with Gasteiger partial charge in [-0.2, -0.15) is 0 Å². The summed E-state index contributed by atoms with van der Waals surface area (Å²) in [6, 6.07) is 36.1. The molecule has 0 saturated carbocycles. The van der Waals surface area contributed by atoms with E-state index < -0.39 is 23.0 Å². The first-order chi connectivity index (χ1) is 21.5. The van der Waals surface area contributed by atoms with Gasteiger partial charge >= 0.3 is 0 Å². The van der Waals surface area contributed by atoms with Crippen molar-refractivity contribution in [3.8, 4) is 11.5 Å². The lowest BCUT2D eigenvalue weighted by Crippen LogP contribution is -2.51. The molecule has 0 spiro atoms. The molecule has 0 aromatic heterocycles. The topological polar surface area (TPSA) is 35.5 Å². The van der Waals surface area contributed by atoms with Crippen molar-refractivity contribution in [1.82, 2.24) is 0 Å². The smallest absolute Gasteiger partial charge is 0.156 e. The molecule has 2 aliphatic carbocycles. The Kier molecular flexibility index (Phi) is 9.52. The Balaban J connectivity index is 1.55. The molecular weight excluding hydrogens is 770 g/mol. The van der Waals surface area contributed by atoms with Crippen molar-refractivity contribution in [2.75, 3.05) is 0 Å². The number of halogens is 2. The molecule has 6 rings (SSSR count). The number of Topliss-reactive ketones (excluding diaryl/α,β-unsaturated/α-hetero) is 1. The fourth-order valence-corrected chi connectivity index (χ4v) is 7.22. The quantitative estimate of drug-likeness (QED) is 0.150. The summed E-state index contributed by atoms with van der Waals surface area (Å²) in [5.74, 6) is 0.271. The van der Waals surface area contributed by atoms with E-state index in [2.05, 4.69) is 69.5 Å². The minimum absolute atomic E-state index is 0.0409. The van der Waals surface area contributed by atoms with Gasteiger partial charge in [-0.15, -0.1) is 0 Å². The minimum Gasteiger partial charge on any atom is -0.481 e. The molecule has 0 aliphatic heterocycles. The van der Waals surface area contributed by atoms with Crippen molar-refractivity contribution < 1.29 is 14.3 Å². The first kappa shape index (κ1) is 30.6. The van der Waals surface area contributed by atoms with Gasteiger partial charge in [0.2, 0.25) is 0 Å². The Morgan fingerprint density at radius 3 is 1.30 bits per heavy atom. The molecular formula is C39H32I2O3. The molecule has 4 unspecified atom stereocenters. The van der Waals surface area contributed by atoms with Crippen molar-refractivity contribution >= 4 is 51.0 Å². The number of rotatable bonds is 10. The number of hydrogen-bond acceptors (Lipinski definition) is 3. The Morgan fingerprint density at radius 2 is 0.932 bits per heavy atom. The number of ketones is 1. The Morgan fingerprint density at radius 1 is 0.545 bits per heavy atom. The normalized spacial score (nSPS) is 21.9. The van der Waals surface area contributed by atoms with Crippen LogP contribution in [0.15, 0.2) is 158 Å². The van der Waals surface area contributed by atoms with Gasteiger partial charge < -0.3 is 9.47 Å². The third-order valence-corrected chi connectivity index (χ3v) is 9.99. The molecule has 0 bridgehead atoms. The monoisotopic (exact) mass is 802 g/mol. The SMILES string of the molecule is O=C(C(c1ccccc1)C1(Oc2ccccc2I)C=CC=CC1)C(c1ccccc1)C1(Oc2ccccc2I)C=CC=CC1. The van der Waals surface area contributed by atoms with Gasteiger partial charge in [0.25, 0.3) is 0 Å². The van der Waals surface area contributed by atoms with Crippen LogP contribution in [-0.2, 0) is 4.79 Å². The average molecular weight is 802 g/mol. The van der Waals surface area contributed by atoms with Gasteiger partial charge in [0.15, 0.2) is 5.78 Å². The summed E-state index contributed by atoms with van der Waals surface area (Å²) in [7, 11) is 0. The highest BCUT2D eigenvalue weighted by molar-refractivity contribution is 14.1. The lowest BCUT2D eigenvalue weighted by atomic mass is 9.66. The van der Waals surface area contributed by atoms with Crippen LogP contribution >= 0.6 is 45.2 Å². The Bertz CT molecular complexity index is 1600. The van der Waals surface area contributed by atoms with Gasteiger partial charge in [0.05, 0.1) is 19.0 Å². The molecule has 3 nitrogen and oxygen atoms in total. The van der Waals surface area contributed by atoms with Gasteiger partial charge in [-0.3, -0.25) is 4.79 Å². The van der Waals surface area contributed by atoms with E-state index in [1.54, 1.807) is 0 Å². The predicted molar refractivity (Wildman–Crippen MR) is 194 cm³/mol. The second-order valence-electron chi connectivity index (χ2n) is 11.0. The number of carbonyl (C=O) groups excluding carboxylic acids is 1. The molecule has 0 amide bonds. The van der Waals surface area contributed by atoms with Crippen molar-refractivity contribution in [3.05, 3.63) is 176 Å². The van der Waals surface area contributed by atoms with Gasteiger partial charge in [-0.25, -0.2) is 0 Å². The summed E-state index contributed by atoms with van der Waals surface area (Å²) in [4.78, 5) is 15.7. The van der Waals surface area contributed by atoms with Crippen LogP contribution in [0.1, 0.15) is 35.8 Å². The number of hydrogen-bond donors (Lipinski definition) is 0. The number of allylic oxidation sites excluding steroid dienone is 4. The first-order valence-corrected chi connectivity index (χ1v) is 16.9. The Labute approximate surface area is 286 Å². The lowest BCUT2D eigenvalue weighted by Gasteiger charge is -2.44. The highest BCUT2D eigenvalue weighted by atomic mass is 127. The first-order valence-electron chi connectivity index (χ1n) is 14.7. The molecule has 44 heavy (non-hydrogen) atoms. The van der Waals surface area contributed by atoms with E-state index in [9.17, 15) is 0 Å². The van der Waals surface area contributed by atoms with Crippen molar-refractivity contribution in [2.45, 2.75) is 35.9 Å². The summed E-state index contributed by atoms with van der Waals surface area (Å²) in [6.07, 6.45) is 17.5. The number of para-hydroxylation sites is 2. The van der Waals surface area contributed by atoms with E-state index in [0.717, 1.165) is 29.8 Å². The second-order valence-corrected chi connectivity index (χ2v) is 13.4. The van der Waals surface area contributed by atoms with Gasteiger partial charge in [-0.05, 0) is 92.7 Å². The van der Waals surface area contributed by atoms with E-state index in [1.165, 1.54) is 0 Å². The van der Waals surface area contributed by atoms with Crippen LogP contribution in [0.2, 0.25) is 0 Å². The fraction of sp³-hybridized carbons (Fsp3) is 0.154. The van der Waals surface area contributed by atoms with E-state index in [0.29, 0.717) is 12.8 Å². The average Bonchev–Trinajstić information content (AvgIpc) is 3.05. The second kappa shape index (κ2) is 13.7. The maximum Gasteiger partial charge on any atom is 0.156 e. The van der Waals surface area contributed by atoms with E-state index in [1.807, 2.05) is 133 Å². The van der Waals surface area contributed by atoms with Gasteiger partial charge in [-0.1, -0.05) is 121 Å². The lowest BCUT2D eigenvalue weighted by molar-refractivity contribution is -0.129. The van der Waals surface area contributed by atoms with Crippen molar-refractivity contribution in [2.24, 2.45) is 0 Å². The summed E-state index contributed by atoms with van der Waals surface area (Å²) < 4.78 is 16.0. The van der Waals surface area contributed by atoms with Gasteiger partial charge in [0.1, 0.15) is 22.7 Å². The van der Waals surface area contributed by atoms with E-state index >= 15 is 4.79 Å². The number of benzene rings is 4. The van der Waals surface area contributed by atoms with E-state index in [-0.39, 0.29) is 5.78 Å². The van der Waals surface area contributed by atoms with Crippen LogP contribution in [0.4, 0.5) is 0 Å². The molecule has 4 aromatic rings. The van der Waals surface area contributed by atoms with Crippen molar-refractivity contribution in [3.63, 3.8) is 0 Å². The zero-order chi connectivity index (χ0) is 30.4. The fourth-order valence-electron chi connectivity index (χ4n) is 6.23. The molecule has 220 valence electrons.